The van der Waals surface area contributed by atoms with Crippen molar-refractivity contribution in [2.24, 2.45) is 0 Å². The lowest BCUT2D eigenvalue weighted by atomic mass is 9.98. The molecule has 0 N–H and O–H groups in total. The third-order valence-electron chi connectivity index (χ3n) is 4.07. The van der Waals surface area contributed by atoms with Gasteiger partial charge in [0, 0.05) is 34.7 Å². The van der Waals surface area contributed by atoms with Crippen molar-refractivity contribution < 1.29 is 16.4 Å². The van der Waals surface area contributed by atoms with E-state index in [9.17, 15) is 0 Å². The van der Waals surface area contributed by atoms with E-state index in [1.165, 1.54) is 4.57 Å². The van der Waals surface area contributed by atoms with Crippen LogP contribution in [0.25, 0.3) is 36.9 Å². The average molecular weight is 402 g/mol. The van der Waals surface area contributed by atoms with Crippen LogP contribution in [0.1, 0.15) is 27.6 Å². The Hall–Kier alpha value is -2.10. The summed E-state index contributed by atoms with van der Waals surface area (Å²) in [6.45, 7) is 0. The monoisotopic (exact) mass is 401 g/mol. The summed E-state index contributed by atoms with van der Waals surface area (Å²) < 4.78 is 104. The van der Waals surface area contributed by atoms with Gasteiger partial charge in [0.1, 0.15) is 0 Å². The van der Waals surface area contributed by atoms with Gasteiger partial charge in [-0.1, -0.05) is 52.2 Å². The van der Waals surface area contributed by atoms with Gasteiger partial charge in [-0.3, -0.25) is 0 Å². The lowest BCUT2D eigenvalue weighted by Gasteiger charge is -2.21. The van der Waals surface area contributed by atoms with Crippen molar-refractivity contribution in [1.29, 1.82) is 0 Å². The van der Waals surface area contributed by atoms with Gasteiger partial charge >= 0.3 is 0 Å². The van der Waals surface area contributed by atoms with E-state index in [0.29, 0.717) is 0 Å². The van der Waals surface area contributed by atoms with Gasteiger partial charge in [0.25, 0.3) is 0 Å². The largest absolute Gasteiger partial charge is 0.307 e. The molecule has 3 heteroatoms. The van der Waals surface area contributed by atoms with E-state index in [4.69, 9.17) is 16.4 Å². The summed E-state index contributed by atoms with van der Waals surface area (Å²) >= 11 is 4.08. The van der Waals surface area contributed by atoms with E-state index < -0.39 is 42.6 Å². The van der Waals surface area contributed by atoms with Crippen LogP contribution in [0.4, 0.5) is 0 Å². The first-order valence-electron chi connectivity index (χ1n) is 13.0. The maximum atomic E-state index is 8.95. The van der Waals surface area contributed by atoms with Gasteiger partial charge < -0.3 is 4.57 Å². The predicted molar refractivity (Wildman–Crippen MR) is 107 cm³/mol. The second kappa shape index (κ2) is 4.50. The van der Waals surface area contributed by atoms with E-state index in [1.54, 1.807) is 0 Å². The molecule has 6 rings (SSSR count). The molecule has 3 heterocycles. The van der Waals surface area contributed by atoms with Gasteiger partial charge in [0.15, 0.2) is 0 Å². The number of hydrogen-bond acceptors (Lipinski definition) is 1. The molecule has 24 heavy (non-hydrogen) atoms. The maximum Gasteiger partial charge on any atom is 0.0727 e. The van der Waals surface area contributed by atoms with Crippen LogP contribution >= 0.6 is 27.3 Å². The molecule has 1 aliphatic heterocycles. The normalized spacial score (nSPS) is 22.2. The van der Waals surface area contributed by atoms with Crippen molar-refractivity contribution in [3.63, 3.8) is 0 Å². The Morgan fingerprint density at radius 2 is 1.83 bits per heavy atom. The van der Waals surface area contributed by atoms with Gasteiger partial charge in [-0.2, -0.15) is 0 Å². The van der Waals surface area contributed by atoms with Crippen molar-refractivity contribution in [1.82, 2.24) is 4.57 Å². The Balaban J connectivity index is 2.07. The fourth-order valence-corrected chi connectivity index (χ4v) is 4.56. The zero-order chi connectivity index (χ0) is 26.3. The van der Waals surface area contributed by atoms with Crippen molar-refractivity contribution >= 4 is 58.5 Å². The number of thiophene rings is 1. The van der Waals surface area contributed by atoms with Crippen LogP contribution in [0.3, 0.4) is 0 Å². The fraction of sp³-hybridized carbons (Fsp3) is 0.0476. The zero-order valence-corrected chi connectivity index (χ0v) is 14.1. The van der Waals surface area contributed by atoms with Gasteiger partial charge in [0.2, 0.25) is 0 Å². The first kappa shape index (κ1) is 6.32. The summed E-state index contributed by atoms with van der Waals surface area (Å²) in [6.07, 6.45) is -2.52. The molecule has 0 spiro atoms. The van der Waals surface area contributed by atoms with E-state index in [0.717, 1.165) is 11.3 Å². The second-order valence-electron chi connectivity index (χ2n) is 5.33. The molecule has 0 aliphatic carbocycles. The smallest absolute Gasteiger partial charge is 0.0727 e. The van der Waals surface area contributed by atoms with Crippen LogP contribution < -0.4 is 0 Å². The first-order valence-corrected chi connectivity index (χ1v) is 8.63. The highest BCUT2D eigenvalue weighted by atomic mass is 79.9. The molecule has 0 unspecified atom stereocenters. The molecule has 2 aromatic heterocycles. The second-order valence-corrected chi connectivity index (χ2v) is 7.14. The summed E-state index contributed by atoms with van der Waals surface area (Å²) in [4.78, 5) is 0. The molecule has 0 bridgehead atoms. The van der Waals surface area contributed by atoms with Crippen LogP contribution in [0, 0.1) is 0 Å². The number of nitrogens with zero attached hydrogens (tertiary/aromatic N) is 1. The number of benzene rings is 3. The molecule has 0 saturated heterocycles. The average Bonchev–Trinajstić information content (AvgIpc) is 3.35. The van der Waals surface area contributed by atoms with Crippen molar-refractivity contribution in [2.75, 3.05) is 0 Å². The van der Waals surface area contributed by atoms with E-state index >= 15 is 0 Å². The quantitative estimate of drug-likeness (QED) is 0.273. The summed E-state index contributed by atoms with van der Waals surface area (Å²) in [5.41, 5.74) is -0.519. The van der Waals surface area contributed by atoms with Crippen molar-refractivity contribution in [3.8, 4) is 5.69 Å². The van der Waals surface area contributed by atoms with Crippen molar-refractivity contribution in [3.05, 3.63) is 76.0 Å². The molecule has 1 nitrogen and oxygen atoms in total. The minimum atomic E-state index is -2.52. The lowest BCUT2D eigenvalue weighted by molar-refractivity contribution is 1.04. The highest BCUT2D eigenvalue weighted by Crippen LogP contribution is 2.45. The Kier molecular flexibility index (Phi) is 1.18. The van der Waals surface area contributed by atoms with Crippen molar-refractivity contribution in [2.45, 2.75) is 6.37 Å². The van der Waals surface area contributed by atoms with Crippen LogP contribution in [-0.2, 0) is 6.37 Å². The van der Waals surface area contributed by atoms with E-state index in [1.807, 2.05) is 0 Å². The molecule has 114 valence electrons. The molecule has 5 aromatic rings. The number of fused-ring (bicyclic) bond motifs is 7. The van der Waals surface area contributed by atoms with E-state index in [2.05, 4.69) is 15.9 Å². The third kappa shape index (κ3) is 1.54. The molecular formula is C21H12BrNS. The molecule has 0 atom stereocenters. The number of halogens is 1. The highest BCUT2D eigenvalue weighted by Gasteiger charge is 2.24. The topological polar surface area (TPSA) is 4.93 Å². The fourth-order valence-electron chi connectivity index (χ4n) is 3.16. The lowest BCUT2D eigenvalue weighted by Crippen LogP contribution is -2.07. The number of hydrogen-bond donors (Lipinski definition) is 0. The van der Waals surface area contributed by atoms with Crippen LogP contribution in [0.2, 0.25) is 0 Å². The Morgan fingerprint density at radius 1 is 0.958 bits per heavy atom. The number of aromatic nitrogens is 1. The van der Waals surface area contributed by atoms with Gasteiger partial charge in [0.05, 0.1) is 29.4 Å². The zero-order valence-electron chi connectivity index (χ0n) is 23.7. The summed E-state index contributed by atoms with van der Waals surface area (Å²) in [5.74, 6) is 0. The SMILES string of the molecule is [2H]c1c([2H])c2c(c([2H])c1Br)C([2H])([2H])c1c([2H])c([2H])c([2H])c3c4sc5c([2H])c([2H])c([2H])c([2H])c5c4n-2c13. The Bertz CT molecular complexity index is 1890. The molecule has 0 saturated carbocycles. The third-order valence-corrected chi connectivity index (χ3v) is 5.58. The van der Waals surface area contributed by atoms with E-state index in [-0.39, 0.29) is 76.7 Å². The summed E-state index contributed by atoms with van der Waals surface area (Å²) in [5, 5.41) is 0.184. The molecule has 3 aromatic carbocycles. The van der Waals surface area contributed by atoms with Crippen LogP contribution in [0.15, 0.2) is 64.9 Å². The predicted octanol–water partition coefficient (Wildman–Crippen LogP) is 6.67. The molecule has 1 aliphatic rings. The molecule has 0 radical (unpaired) electrons. The Labute approximate surface area is 168 Å². The minimum Gasteiger partial charge on any atom is -0.307 e. The molecule has 0 fully saturated rings. The molecule has 0 amide bonds. The van der Waals surface area contributed by atoms with Crippen LogP contribution in [0.5, 0.6) is 0 Å². The maximum absolute atomic E-state index is 8.95. The number of rotatable bonds is 0. The highest BCUT2D eigenvalue weighted by molar-refractivity contribution is 9.10. The van der Waals surface area contributed by atoms with Crippen LogP contribution in [-0.4, -0.2) is 4.57 Å². The standard InChI is InChI=1S/C21H12BrNS/c22-14-8-9-17-13(11-14)10-12-4-3-6-16-19(12)23(17)20-15-5-1-2-7-18(15)24-21(16)20/h1-9,11H,10H2/i1D,2D,3D,4D,5D,6D,7D,8D,9D,10D2,11D. The Morgan fingerprint density at radius 3 is 2.79 bits per heavy atom. The first-order chi connectivity index (χ1) is 16.7. The number of para-hydroxylation sites is 1. The molecular weight excluding hydrogens is 378 g/mol. The minimum absolute atomic E-state index is 0.0312. The van der Waals surface area contributed by atoms with Gasteiger partial charge in [-0.25, -0.2) is 0 Å². The van der Waals surface area contributed by atoms with Gasteiger partial charge in [-0.05, 0) is 35.3 Å². The summed E-state index contributed by atoms with van der Waals surface area (Å²) in [6, 6.07) is -4.23. The summed E-state index contributed by atoms with van der Waals surface area (Å²) in [7, 11) is 0. The van der Waals surface area contributed by atoms with Gasteiger partial charge in [-0.15, -0.1) is 11.3 Å².